The normalized spacial score (nSPS) is 15.1. The monoisotopic (exact) mass is 1560 g/mol. The number of halogens is 1. The number of aromatic nitrogens is 1. The number of pyridine rings is 1. The molecule has 1 aliphatic heterocycles. The zero-order chi connectivity index (χ0) is 81.1. The van der Waals surface area contributed by atoms with Crippen LogP contribution in [-0.2, 0) is 92.8 Å². The Morgan fingerprint density at radius 2 is 1.07 bits per heavy atom. The molecule has 14 amide bonds. The standard InChI is InChI=1S/C76H101ClN18O16/c1-44(2)34-58(68(104)89-57(16-10-31-84-76(79)80)75(111)95-33-11-17-64(95)74(110)86-45(3)65(78)101)90-67(103)56(15-7-8-30-83-66(102)55(85-43-98)28-32-82-42-97)88-70(106)60(37-48-21-26-54(100)27-22-48)93-73(109)63(41-96)94-72(108)62(39-50-12-9-29-81-40-50)92-71(107)61(36-47-19-24-53(77)25-20-47)91-69(105)59(87-46(4)99)38-49-18-23-51-13-5-6-14-52(51)35-49/h5-6,9,12-14,18-27,29,35,40,42-45,55-64,96,100H,7-8,10-11,15-17,28,30-34,36-39,41H2,1-4H3,(H2,78,101)(H,82,97)(H,83,102)(H,85,98)(H,86,110)(H,87,99)(H,88,106)(H,89,104)(H,90,103)(H,91,105)(H,92,107)(H,93,109)(H,94,108)(H4,79,80,84)/t45-,55?,56-,57+,58+,59-,60+,61-,62-,63+,64+/m1/s1. The fourth-order valence-corrected chi connectivity index (χ4v) is 12.5. The molecule has 34 nitrogen and oxygen atoms in total. The van der Waals surface area contributed by atoms with E-state index in [1.807, 2.05) is 42.5 Å². The second-order valence-electron chi connectivity index (χ2n) is 27.4. The highest BCUT2D eigenvalue weighted by Gasteiger charge is 2.40. The summed E-state index contributed by atoms with van der Waals surface area (Å²) in [7, 11) is 0. The van der Waals surface area contributed by atoms with Crippen LogP contribution < -0.4 is 80.6 Å². The van der Waals surface area contributed by atoms with E-state index in [1.165, 1.54) is 55.4 Å². The molecule has 1 unspecified atom stereocenters. The van der Waals surface area contributed by atoms with E-state index < -0.39 is 144 Å². The van der Waals surface area contributed by atoms with Gasteiger partial charge in [-0.25, -0.2) is 0 Å². The van der Waals surface area contributed by atoms with Crippen molar-refractivity contribution in [1.29, 1.82) is 5.41 Å². The van der Waals surface area contributed by atoms with Crippen LogP contribution in [0.25, 0.3) is 10.8 Å². The fraction of sp³-hybridized carbons (Fsp3) is 0.447. The van der Waals surface area contributed by atoms with Crippen molar-refractivity contribution in [3.8, 4) is 5.75 Å². The number of phenols is 1. The van der Waals surface area contributed by atoms with Crippen LogP contribution in [-0.4, -0.2) is 209 Å². The van der Waals surface area contributed by atoms with Gasteiger partial charge in [0, 0.05) is 76.2 Å². The molecular formula is C76H101ClN18O16. The number of hydrogen-bond acceptors (Lipinski definition) is 18. The molecule has 35 heteroatoms. The fourth-order valence-electron chi connectivity index (χ4n) is 12.4. The van der Waals surface area contributed by atoms with Crippen molar-refractivity contribution < 1.29 is 77.3 Å². The first-order chi connectivity index (χ1) is 53.0. The van der Waals surface area contributed by atoms with Crippen molar-refractivity contribution in [2.24, 2.45) is 17.4 Å². The molecular weight excluding hydrogens is 1460 g/mol. The Labute approximate surface area is 647 Å². The van der Waals surface area contributed by atoms with Crippen molar-refractivity contribution in [3.63, 3.8) is 0 Å². The zero-order valence-electron chi connectivity index (χ0n) is 62.3. The molecule has 0 spiro atoms. The first kappa shape index (κ1) is 88.1. The Bertz CT molecular complexity index is 4030. The summed E-state index contributed by atoms with van der Waals surface area (Å²) in [6.45, 7) is 5.23. The van der Waals surface area contributed by atoms with Crippen LogP contribution in [0.5, 0.6) is 5.75 Å². The first-order valence-electron chi connectivity index (χ1n) is 36.6. The summed E-state index contributed by atoms with van der Waals surface area (Å²) in [5.41, 5.74) is 12.9. The summed E-state index contributed by atoms with van der Waals surface area (Å²) in [5.74, 6) is -10.8. The Morgan fingerprint density at radius 3 is 1.65 bits per heavy atom. The van der Waals surface area contributed by atoms with Gasteiger partial charge in [0.15, 0.2) is 5.96 Å². The van der Waals surface area contributed by atoms with Crippen molar-refractivity contribution >= 4 is 112 Å². The molecule has 1 aromatic heterocycles. The summed E-state index contributed by atoms with van der Waals surface area (Å²) in [5, 5.41) is 65.2. The van der Waals surface area contributed by atoms with E-state index in [0.29, 0.717) is 46.5 Å². The molecule has 111 heavy (non-hydrogen) atoms. The third-order valence-corrected chi connectivity index (χ3v) is 18.5. The number of carbonyl (C=O) groups is 14. The molecule has 1 aliphatic rings. The molecule has 0 radical (unpaired) electrons. The summed E-state index contributed by atoms with van der Waals surface area (Å²) in [6, 6.07) is 12.9. The number of unbranched alkanes of at least 4 members (excludes halogenated alkanes) is 1. The Kier molecular flexibility index (Phi) is 35.9. The van der Waals surface area contributed by atoms with E-state index in [1.54, 1.807) is 50.2 Å². The summed E-state index contributed by atoms with van der Waals surface area (Å²) >= 11 is 6.24. The van der Waals surface area contributed by atoms with Gasteiger partial charge in [-0.3, -0.25) is 77.5 Å². The van der Waals surface area contributed by atoms with Crippen LogP contribution in [0.1, 0.15) is 108 Å². The highest BCUT2D eigenvalue weighted by Crippen LogP contribution is 2.23. The molecule has 4 aromatic carbocycles. The number of aromatic hydroxyl groups is 1. The number of nitrogens with zero attached hydrogens (tertiary/aromatic N) is 2. The number of rotatable bonds is 46. The number of likely N-dealkylation sites (tertiary alicyclic amines) is 1. The molecule has 5 aromatic rings. The average Bonchev–Trinajstić information content (AvgIpc) is 1.80. The Morgan fingerprint density at radius 1 is 0.550 bits per heavy atom. The van der Waals surface area contributed by atoms with Crippen LogP contribution in [0, 0.1) is 11.3 Å². The lowest BCUT2D eigenvalue weighted by molar-refractivity contribution is -0.142. The van der Waals surface area contributed by atoms with Crippen LogP contribution in [0.4, 0.5) is 0 Å². The molecule has 0 aliphatic carbocycles. The van der Waals surface area contributed by atoms with E-state index in [4.69, 9.17) is 28.5 Å². The zero-order valence-corrected chi connectivity index (χ0v) is 63.1. The van der Waals surface area contributed by atoms with E-state index in [-0.39, 0.29) is 121 Å². The number of aliphatic hydroxyl groups is 1. The van der Waals surface area contributed by atoms with Gasteiger partial charge in [-0.15, -0.1) is 0 Å². The number of hydrogen-bond donors (Lipinski definition) is 18. The second-order valence-corrected chi connectivity index (χ2v) is 27.9. The second kappa shape index (κ2) is 45.2. The SMILES string of the molecule is CC(=O)N[C@H](Cc1ccc2ccccc2c1)C(=O)N[C@H](Cc1ccc(Cl)cc1)C(=O)N[C@H](Cc1cccnc1)C(=O)N[C@@H](CO)C(=O)N[C@@H](Cc1ccc(O)cc1)C(=O)N[C@H](CCCCNC(=O)C(CCNC=O)NC=O)C(=O)N[C@@H](CC(C)C)C(=O)N[C@@H](CCCNC(=N)N)C(=O)N1CCC[C@H]1C(=O)N[C@H](C)C(N)=O. The Hall–Kier alpha value is -11.8. The number of nitrogens with two attached hydrogens (primary N) is 2. The molecule has 11 atom stereocenters. The molecule has 0 saturated carbocycles. The highest BCUT2D eigenvalue weighted by molar-refractivity contribution is 6.30. The number of guanidine groups is 1. The number of fused-ring (bicyclic) bond motifs is 1. The quantitative estimate of drug-likeness (QED) is 0.00920. The number of carbonyl (C=O) groups excluding carboxylic acids is 14. The van der Waals surface area contributed by atoms with Crippen molar-refractivity contribution in [2.75, 3.05) is 32.8 Å². The number of amides is 14. The third kappa shape index (κ3) is 29.6. The van der Waals surface area contributed by atoms with Gasteiger partial charge in [-0.1, -0.05) is 98.2 Å². The van der Waals surface area contributed by atoms with Gasteiger partial charge in [0.1, 0.15) is 72.2 Å². The van der Waals surface area contributed by atoms with Crippen LogP contribution in [0.15, 0.2) is 116 Å². The van der Waals surface area contributed by atoms with Crippen LogP contribution in [0.2, 0.25) is 5.02 Å². The summed E-state index contributed by atoms with van der Waals surface area (Å²) < 4.78 is 0. The minimum absolute atomic E-state index is 0.0124. The number of aliphatic hydroxyl groups excluding tert-OH is 1. The lowest BCUT2D eigenvalue weighted by Crippen LogP contribution is -2.61. The van der Waals surface area contributed by atoms with Gasteiger partial charge >= 0.3 is 0 Å². The van der Waals surface area contributed by atoms with Gasteiger partial charge in [0.05, 0.1) is 6.61 Å². The largest absolute Gasteiger partial charge is 0.508 e. The van der Waals surface area contributed by atoms with Gasteiger partial charge in [-0.05, 0) is 134 Å². The predicted molar refractivity (Wildman–Crippen MR) is 409 cm³/mol. The average molecular weight is 1560 g/mol. The summed E-state index contributed by atoms with van der Waals surface area (Å²) in [6.07, 6.45) is 3.51. The first-order valence-corrected chi connectivity index (χ1v) is 37.0. The number of primary amides is 1. The number of nitrogens with one attached hydrogen (secondary N) is 14. The van der Waals surface area contributed by atoms with Gasteiger partial charge in [-0.2, -0.15) is 0 Å². The van der Waals surface area contributed by atoms with E-state index in [9.17, 15) is 67.7 Å². The smallest absolute Gasteiger partial charge is 0.245 e. The highest BCUT2D eigenvalue weighted by atomic mass is 35.5. The van der Waals surface area contributed by atoms with Crippen LogP contribution >= 0.6 is 11.6 Å². The van der Waals surface area contributed by atoms with Gasteiger partial charge < -0.3 is 95.7 Å². The minimum Gasteiger partial charge on any atom is -0.508 e. The molecule has 6 rings (SSSR count). The van der Waals surface area contributed by atoms with E-state index >= 15 is 9.59 Å². The molecule has 0 bridgehead atoms. The molecule has 20 N–H and O–H groups in total. The number of benzene rings is 4. The van der Waals surface area contributed by atoms with E-state index in [2.05, 4.69) is 74.1 Å². The maximum absolute atomic E-state index is 15.1. The topological polar surface area (TPSA) is 528 Å². The Balaban J connectivity index is 1.29. The molecule has 1 saturated heterocycles. The maximum Gasteiger partial charge on any atom is 0.245 e. The van der Waals surface area contributed by atoms with Gasteiger partial charge in [0.2, 0.25) is 83.7 Å². The van der Waals surface area contributed by atoms with Crippen LogP contribution in [0.3, 0.4) is 0 Å². The minimum atomic E-state index is -1.88. The lowest BCUT2D eigenvalue weighted by Gasteiger charge is -2.31. The molecule has 598 valence electrons. The van der Waals surface area contributed by atoms with E-state index in [0.717, 1.165) is 10.8 Å². The number of phenolic OH excluding ortho intramolecular Hbond substituents is 1. The third-order valence-electron chi connectivity index (χ3n) is 18.2. The van der Waals surface area contributed by atoms with Gasteiger partial charge in [0.25, 0.3) is 0 Å². The van der Waals surface area contributed by atoms with Crippen molar-refractivity contribution in [1.82, 2.24) is 79.0 Å². The molecule has 2 heterocycles. The molecule has 1 fully saturated rings. The predicted octanol–water partition coefficient (Wildman–Crippen LogP) is -1.42. The lowest BCUT2D eigenvalue weighted by atomic mass is 9.99. The van der Waals surface area contributed by atoms with Crippen molar-refractivity contribution in [2.45, 2.75) is 178 Å². The maximum atomic E-state index is 15.1. The summed E-state index contributed by atoms with van der Waals surface area (Å²) in [4.78, 5) is 197. The van der Waals surface area contributed by atoms with Crippen molar-refractivity contribution in [3.05, 3.63) is 143 Å².